The maximum atomic E-state index is 11.4. The fourth-order valence-corrected chi connectivity index (χ4v) is 11.8. The molecule has 0 amide bonds. The zero-order valence-electron chi connectivity index (χ0n) is 45.4. The number of aliphatic hydroxyl groups is 22. The Labute approximate surface area is 486 Å². The zero-order valence-corrected chi connectivity index (χ0v) is 45.4. The molecule has 38 heteroatoms. The maximum absolute atomic E-state index is 11.4. The first-order valence-corrected chi connectivity index (χ1v) is 27.9. The summed E-state index contributed by atoms with van der Waals surface area (Å²) >= 11 is 0. The van der Waals surface area contributed by atoms with Gasteiger partial charge in [0.05, 0.1) is 65.1 Å². The lowest BCUT2D eigenvalue weighted by atomic mass is 9.95. The largest absolute Gasteiger partial charge is 0.394 e. The van der Waals surface area contributed by atoms with E-state index in [0.29, 0.717) is 0 Å². The molecule has 30 saturated heterocycles. The van der Waals surface area contributed by atoms with E-state index in [1.807, 2.05) is 0 Å². The van der Waals surface area contributed by atoms with E-state index >= 15 is 0 Å². The van der Waals surface area contributed by atoms with Gasteiger partial charge >= 0.3 is 0 Å². The minimum Gasteiger partial charge on any atom is -0.394 e. The SMILES string of the molecule is OCC1O[C@H]2O[C@H]3C(CO)O[C@@H](O[C@H]4C(CO)O[C@@H](O[C@H]5C(CO)O[C@@H](O[C@H]6C(CO)O[C@@H](O[C@H]7C[C@@H](O)[C@@H](OC7CO)O[C@H]7C(CO)O[C@@H](O[C@H]8C[C@@H](O)[C@H](OC1C(O)C2O)OC8CO)[C@H](O)C7O)C(O)[C@H]6O)[C@H](O)C5O)[C@H](O)C4O)[C@H](O)C3O. The third kappa shape index (κ3) is 13.9. The van der Waals surface area contributed by atoms with Gasteiger partial charge in [0.25, 0.3) is 0 Å². The van der Waals surface area contributed by atoms with Crippen molar-refractivity contribution >= 4 is 0 Å². The second-order valence-corrected chi connectivity index (χ2v) is 22.3. The van der Waals surface area contributed by atoms with Crippen molar-refractivity contribution in [2.75, 3.05) is 52.9 Å². The van der Waals surface area contributed by atoms with E-state index in [1.165, 1.54) is 0 Å². The highest BCUT2D eigenvalue weighted by Crippen LogP contribution is 2.39. The van der Waals surface area contributed by atoms with Crippen LogP contribution in [0, 0.1) is 0 Å². The number of ether oxygens (including phenoxy) is 16. The highest BCUT2D eigenvalue weighted by Gasteiger charge is 2.59. The standard InChI is InChI=1S/C48H80O38/c49-3-15-13-2-12(58)42(74-15)82-36-18(6-52)77-45(31(67)25(36)61)84-38-20(8-54)79-47(33(69)27(38)63)86-40-22(10-56)80-48(34(70)28(40)64)85-39-21(9-55)78-46(32(68)26(39)62)83-37-19(7-53)76-44(30(66)24(37)60)72-14-1-11(57)41(73-16(14)4-50)81-35-17(5-51)75-43(71-13)29(65)23(35)59/h11-70H,1-10H2/t11-,12-,13+,14+,15?,16?,17?,18?,19?,20?,21?,22?,23?,24-,25?,26?,27?,28?,29-,30?,31?,32-,33-,34-,35+,36?,37+,38+,39+,40+,41+,42+,43-,44-,45+,46+,47+,48+/m1/s1. The van der Waals surface area contributed by atoms with Crippen molar-refractivity contribution in [3.8, 4) is 0 Å². The molecular weight excluding hydrogens is 1180 g/mol. The number of rotatable bonds is 8. The smallest absolute Gasteiger partial charge is 0.187 e. The minimum atomic E-state index is -2.22. The molecule has 0 aromatic carbocycles. The van der Waals surface area contributed by atoms with Crippen LogP contribution >= 0.6 is 0 Å². The fourth-order valence-electron chi connectivity index (χ4n) is 11.8. The molecule has 30 aliphatic rings. The predicted octanol–water partition coefficient (Wildman–Crippen LogP) is -15.3. The molecule has 30 heterocycles. The van der Waals surface area contributed by atoms with Crippen molar-refractivity contribution in [2.24, 2.45) is 0 Å². The minimum absolute atomic E-state index is 0.510. The summed E-state index contributed by atoms with van der Waals surface area (Å²) in [4.78, 5) is 0. The molecule has 38 atom stereocenters. The molecule has 0 spiro atoms. The monoisotopic (exact) mass is 1260 g/mol. The zero-order chi connectivity index (χ0) is 62.3. The highest BCUT2D eigenvalue weighted by atomic mass is 16.8. The van der Waals surface area contributed by atoms with Crippen molar-refractivity contribution in [3.05, 3.63) is 0 Å². The predicted molar refractivity (Wildman–Crippen MR) is 258 cm³/mol. The molecule has 0 radical (unpaired) electrons. The molecule has 30 aliphatic heterocycles. The maximum Gasteiger partial charge on any atom is 0.187 e. The molecule has 30 rings (SSSR count). The van der Waals surface area contributed by atoms with Gasteiger partial charge in [-0.05, 0) is 0 Å². The van der Waals surface area contributed by atoms with Gasteiger partial charge in [0.1, 0.15) is 171 Å². The average Bonchev–Trinajstić information content (AvgIpc) is 1.80. The Morgan fingerprint density at radius 2 is 0.349 bits per heavy atom. The van der Waals surface area contributed by atoms with Crippen LogP contribution in [0.5, 0.6) is 0 Å². The third-order valence-electron chi connectivity index (χ3n) is 16.7. The molecule has 22 N–H and O–H groups in total. The van der Waals surface area contributed by atoms with Crippen LogP contribution < -0.4 is 0 Å². The van der Waals surface area contributed by atoms with Crippen LogP contribution in [0.25, 0.3) is 0 Å². The first-order chi connectivity index (χ1) is 41.0. The lowest BCUT2D eigenvalue weighted by Crippen LogP contribution is -2.68. The Kier molecular flexibility index (Phi) is 23.7. The lowest BCUT2D eigenvalue weighted by Gasteiger charge is -2.50. The van der Waals surface area contributed by atoms with Gasteiger partial charge < -0.3 is 188 Å². The Morgan fingerprint density at radius 1 is 0.186 bits per heavy atom. The van der Waals surface area contributed by atoms with Crippen molar-refractivity contribution in [1.82, 2.24) is 0 Å². The molecule has 86 heavy (non-hydrogen) atoms. The van der Waals surface area contributed by atoms with Gasteiger partial charge in [-0.3, -0.25) is 0 Å². The first-order valence-electron chi connectivity index (χ1n) is 27.9. The molecule has 0 saturated carbocycles. The molecule has 16 bridgehead atoms. The summed E-state index contributed by atoms with van der Waals surface area (Å²) in [5, 5.41) is 242. The van der Waals surface area contributed by atoms with E-state index in [9.17, 15) is 112 Å². The third-order valence-corrected chi connectivity index (χ3v) is 16.7. The quantitative estimate of drug-likeness (QED) is 0.107. The van der Waals surface area contributed by atoms with Gasteiger partial charge in [0, 0.05) is 12.8 Å². The van der Waals surface area contributed by atoms with Crippen LogP contribution in [-0.2, 0) is 75.8 Å². The van der Waals surface area contributed by atoms with E-state index in [0.717, 1.165) is 0 Å². The van der Waals surface area contributed by atoms with Gasteiger partial charge in [0.2, 0.25) is 0 Å². The number of hydrogen-bond donors (Lipinski definition) is 22. The Bertz CT molecular complexity index is 2060. The van der Waals surface area contributed by atoms with Crippen LogP contribution in [0.1, 0.15) is 12.8 Å². The van der Waals surface area contributed by atoms with Crippen molar-refractivity contribution in [2.45, 2.75) is 246 Å². The van der Waals surface area contributed by atoms with Gasteiger partial charge in [-0.15, -0.1) is 0 Å². The molecule has 0 aromatic rings. The van der Waals surface area contributed by atoms with Crippen molar-refractivity contribution in [1.29, 1.82) is 0 Å². The van der Waals surface area contributed by atoms with E-state index < -0.39 is 299 Å². The normalized spacial score (nSPS) is 54.6. The summed E-state index contributed by atoms with van der Waals surface area (Å²) in [6, 6.07) is 0. The van der Waals surface area contributed by atoms with Gasteiger partial charge in [-0.2, -0.15) is 0 Å². The average molecular weight is 1270 g/mol. The van der Waals surface area contributed by atoms with Crippen LogP contribution in [0.4, 0.5) is 0 Å². The van der Waals surface area contributed by atoms with E-state index in [2.05, 4.69) is 0 Å². The Hall–Kier alpha value is -1.52. The summed E-state index contributed by atoms with van der Waals surface area (Å²) in [5.41, 5.74) is 0. The molecule has 38 nitrogen and oxygen atoms in total. The van der Waals surface area contributed by atoms with Gasteiger partial charge in [-0.1, -0.05) is 0 Å². The number of hydrogen-bond acceptors (Lipinski definition) is 38. The highest BCUT2D eigenvalue weighted by molar-refractivity contribution is 5.01. The van der Waals surface area contributed by atoms with Gasteiger partial charge in [0.15, 0.2) is 50.3 Å². The first kappa shape index (κ1) is 68.8. The van der Waals surface area contributed by atoms with Crippen molar-refractivity contribution < 1.29 is 188 Å². The summed E-state index contributed by atoms with van der Waals surface area (Å²) in [7, 11) is 0. The van der Waals surface area contributed by atoms with E-state index in [1.54, 1.807) is 0 Å². The van der Waals surface area contributed by atoms with Crippen LogP contribution in [0.2, 0.25) is 0 Å². The lowest BCUT2D eigenvalue weighted by molar-refractivity contribution is -0.399. The summed E-state index contributed by atoms with van der Waals surface area (Å²) in [5.74, 6) is 0. The van der Waals surface area contributed by atoms with Crippen LogP contribution in [0.3, 0.4) is 0 Å². The molecule has 30 fully saturated rings. The van der Waals surface area contributed by atoms with Crippen LogP contribution in [0.15, 0.2) is 0 Å². The second-order valence-electron chi connectivity index (χ2n) is 22.3. The molecular formula is C48H80O38. The van der Waals surface area contributed by atoms with Crippen molar-refractivity contribution in [3.63, 3.8) is 0 Å². The van der Waals surface area contributed by atoms with E-state index in [-0.39, 0.29) is 0 Å². The summed E-state index contributed by atoms with van der Waals surface area (Å²) < 4.78 is 92.2. The molecule has 16 unspecified atom stereocenters. The molecule has 0 aromatic heterocycles. The topological polar surface area (TPSA) is 593 Å². The van der Waals surface area contributed by atoms with Gasteiger partial charge in [-0.25, -0.2) is 0 Å². The Balaban J connectivity index is 0.959. The Morgan fingerprint density at radius 3 is 0.535 bits per heavy atom. The van der Waals surface area contributed by atoms with E-state index in [4.69, 9.17) is 75.8 Å². The fraction of sp³-hybridized carbons (Fsp3) is 1.00. The summed E-state index contributed by atoms with van der Waals surface area (Å²) in [6.07, 6.45) is -72.6. The molecule has 0 aliphatic carbocycles. The second kappa shape index (κ2) is 29.6. The van der Waals surface area contributed by atoms with Crippen LogP contribution in [-0.4, -0.2) is 399 Å². The summed E-state index contributed by atoms with van der Waals surface area (Å²) in [6.45, 7) is -7.86. The number of aliphatic hydroxyl groups excluding tert-OH is 22. The molecule has 500 valence electrons.